The van der Waals surface area contributed by atoms with Crippen LogP contribution >= 0.6 is 0 Å². The summed E-state index contributed by atoms with van der Waals surface area (Å²) >= 11 is 0. The quantitative estimate of drug-likeness (QED) is 0.359. The fraction of sp³-hybridized carbons (Fsp3) is 0.500. The minimum atomic E-state index is -3.37. The van der Waals surface area contributed by atoms with Gasteiger partial charge in [0, 0.05) is 5.56 Å². The third kappa shape index (κ3) is 4.18. The van der Waals surface area contributed by atoms with Gasteiger partial charge in [0.2, 0.25) is 0 Å². The predicted octanol–water partition coefficient (Wildman–Crippen LogP) is 1.51. The standard InChI is InChI=1S/C14H20N2O4S/c15-14(16-17)11-5-7-13(8-6-11)21(18,19)10-9-20-12-3-1-2-4-12/h5-8,12,17H,1-4,9-10H2,(H2,15,16). The van der Waals surface area contributed by atoms with Crippen LogP contribution in [0.5, 0.6) is 0 Å². The minimum absolute atomic E-state index is 0.0353. The number of nitrogens with two attached hydrogens (primary N) is 1. The Kier molecular flexibility index (Phi) is 5.19. The zero-order valence-electron chi connectivity index (χ0n) is 11.7. The monoisotopic (exact) mass is 312 g/mol. The molecule has 1 fully saturated rings. The molecule has 7 heteroatoms. The molecule has 1 saturated carbocycles. The maximum absolute atomic E-state index is 12.2. The second-order valence-electron chi connectivity index (χ2n) is 5.11. The average molecular weight is 312 g/mol. The Labute approximate surface area is 124 Å². The molecule has 1 aromatic carbocycles. The van der Waals surface area contributed by atoms with Gasteiger partial charge in [-0.1, -0.05) is 18.0 Å². The summed E-state index contributed by atoms with van der Waals surface area (Å²) in [4.78, 5) is 0.215. The lowest BCUT2D eigenvalue weighted by molar-refractivity contribution is 0.0697. The van der Waals surface area contributed by atoms with Crippen molar-refractivity contribution in [2.45, 2.75) is 36.7 Å². The molecule has 116 valence electrons. The first kappa shape index (κ1) is 15.8. The van der Waals surface area contributed by atoms with Crippen LogP contribution in [0.2, 0.25) is 0 Å². The van der Waals surface area contributed by atoms with Gasteiger partial charge in [-0.05, 0) is 37.1 Å². The number of ether oxygens (including phenoxy) is 1. The fourth-order valence-electron chi connectivity index (χ4n) is 2.39. The molecule has 0 heterocycles. The van der Waals surface area contributed by atoms with Crippen molar-refractivity contribution < 1.29 is 18.4 Å². The first-order valence-corrected chi connectivity index (χ1v) is 8.60. The lowest BCUT2D eigenvalue weighted by Crippen LogP contribution is -2.17. The first-order chi connectivity index (χ1) is 10.0. The van der Waals surface area contributed by atoms with Crippen LogP contribution in [0.25, 0.3) is 0 Å². The SMILES string of the molecule is N/C(=N/O)c1ccc(S(=O)(=O)CCOC2CCCC2)cc1. The van der Waals surface area contributed by atoms with Gasteiger partial charge in [-0.15, -0.1) is 0 Å². The number of sulfone groups is 1. The molecule has 1 aromatic rings. The highest BCUT2D eigenvalue weighted by Crippen LogP contribution is 2.21. The molecule has 0 spiro atoms. The van der Waals surface area contributed by atoms with Gasteiger partial charge in [0.1, 0.15) is 0 Å². The van der Waals surface area contributed by atoms with Crippen LogP contribution in [-0.2, 0) is 14.6 Å². The fourth-order valence-corrected chi connectivity index (χ4v) is 3.49. The number of amidine groups is 1. The lowest BCUT2D eigenvalue weighted by Gasteiger charge is -2.11. The number of hydrogen-bond acceptors (Lipinski definition) is 5. The summed E-state index contributed by atoms with van der Waals surface area (Å²) in [5, 5.41) is 11.4. The number of hydrogen-bond donors (Lipinski definition) is 2. The van der Waals surface area contributed by atoms with Crippen molar-refractivity contribution in [1.29, 1.82) is 0 Å². The molecule has 2 rings (SSSR count). The maximum Gasteiger partial charge on any atom is 0.180 e. The smallest absolute Gasteiger partial charge is 0.180 e. The van der Waals surface area contributed by atoms with Crippen molar-refractivity contribution in [2.75, 3.05) is 12.4 Å². The molecule has 1 aliphatic rings. The van der Waals surface area contributed by atoms with E-state index < -0.39 is 9.84 Å². The summed E-state index contributed by atoms with van der Waals surface area (Å²) in [5.74, 6) is -0.0876. The zero-order valence-corrected chi connectivity index (χ0v) is 12.6. The summed E-state index contributed by atoms with van der Waals surface area (Å²) in [5.41, 5.74) is 5.90. The summed E-state index contributed by atoms with van der Waals surface area (Å²) in [7, 11) is -3.37. The molecule has 0 amide bonds. The summed E-state index contributed by atoms with van der Waals surface area (Å²) in [6.45, 7) is 0.217. The second kappa shape index (κ2) is 6.91. The van der Waals surface area contributed by atoms with Crippen LogP contribution in [0.3, 0.4) is 0 Å². The van der Waals surface area contributed by atoms with Gasteiger partial charge >= 0.3 is 0 Å². The Morgan fingerprint density at radius 3 is 2.48 bits per heavy atom. The van der Waals surface area contributed by atoms with Crippen LogP contribution in [0.15, 0.2) is 34.3 Å². The van der Waals surface area contributed by atoms with Gasteiger partial charge in [-0.3, -0.25) is 0 Å². The molecule has 0 atom stereocenters. The maximum atomic E-state index is 12.2. The van der Waals surface area contributed by atoms with E-state index in [4.69, 9.17) is 15.7 Å². The van der Waals surface area contributed by atoms with Crippen molar-refractivity contribution in [3.63, 3.8) is 0 Å². The molecule has 6 nitrogen and oxygen atoms in total. The van der Waals surface area contributed by atoms with Gasteiger partial charge in [0.25, 0.3) is 0 Å². The van der Waals surface area contributed by atoms with Crippen LogP contribution < -0.4 is 5.73 Å². The van der Waals surface area contributed by atoms with Crippen molar-refractivity contribution in [1.82, 2.24) is 0 Å². The topological polar surface area (TPSA) is 102 Å². The molecule has 1 aliphatic carbocycles. The Morgan fingerprint density at radius 1 is 1.29 bits per heavy atom. The Morgan fingerprint density at radius 2 is 1.90 bits per heavy atom. The van der Waals surface area contributed by atoms with Gasteiger partial charge in [-0.25, -0.2) is 8.42 Å². The first-order valence-electron chi connectivity index (χ1n) is 6.95. The van der Waals surface area contributed by atoms with Crippen LogP contribution in [0.4, 0.5) is 0 Å². The largest absolute Gasteiger partial charge is 0.409 e. The minimum Gasteiger partial charge on any atom is -0.409 e. The number of nitrogens with zero attached hydrogens (tertiary/aromatic N) is 1. The predicted molar refractivity (Wildman–Crippen MR) is 79.2 cm³/mol. The van der Waals surface area contributed by atoms with Gasteiger partial charge in [0.15, 0.2) is 15.7 Å². The summed E-state index contributed by atoms with van der Waals surface area (Å²) in [6.07, 6.45) is 4.57. The van der Waals surface area contributed by atoms with E-state index >= 15 is 0 Å². The Hall–Kier alpha value is -1.60. The third-order valence-corrected chi connectivity index (χ3v) is 5.32. The summed E-state index contributed by atoms with van der Waals surface area (Å²) < 4.78 is 29.9. The Balaban J connectivity index is 1.95. The van der Waals surface area contributed by atoms with Crippen molar-refractivity contribution in [3.8, 4) is 0 Å². The highest BCUT2D eigenvalue weighted by Gasteiger charge is 2.18. The molecular weight excluding hydrogens is 292 g/mol. The van der Waals surface area contributed by atoms with E-state index in [9.17, 15) is 8.42 Å². The highest BCUT2D eigenvalue weighted by atomic mass is 32.2. The zero-order chi connectivity index (χ0) is 15.3. The lowest BCUT2D eigenvalue weighted by atomic mass is 10.2. The van der Waals surface area contributed by atoms with Crippen LogP contribution in [0.1, 0.15) is 31.2 Å². The Bertz CT molecular complexity index is 590. The van der Waals surface area contributed by atoms with E-state index in [0.29, 0.717) is 5.56 Å². The van der Waals surface area contributed by atoms with E-state index in [1.165, 1.54) is 24.3 Å². The molecule has 0 aromatic heterocycles. The van der Waals surface area contributed by atoms with Crippen LogP contribution in [-0.4, -0.2) is 37.9 Å². The number of oxime groups is 1. The average Bonchev–Trinajstić information content (AvgIpc) is 2.99. The van der Waals surface area contributed by atoms with Gasteiger partial charge in [0.05, 0.1) is 23.4 Å². The second-order valence-corrected chi connectivity index (χ2v) is 7.21. The van der Waals surface area contributed by atoms with Crippen LogP contribution in [0, 0.1) is 0 Å². The van der Waals surface area contributed by atoms with E-state index in [-0.39, 0.29) is 29.2 Å². The van der Waals surface area contributed by atoms with Crippen molar-refractivity contribution in [3.05, 3.63) is 29.8 Å². The molecule has 21 heavy (non-hydrogen) atoms. The number of rotatable bonds is 6. The van der Waals surface area contributed by atoms with Crippen molar-refractivity contribution in [2.24, 2.45) is 10.9 Å². The molecular formula is C14H20N2O4S. The van der Waals surface area contributed by atoms with E-state index in [1.807, 2.05) is 0 Å². The number of benzene rings is 1. The molecule has 0 unspecified atom stereocenters. The third-order valence-electron chi connectivity index (χ3n) is 3.62. The normalized spacial score (nSPS) is 17.2. The highest BCUT2D eigenvalue weighted by molar-refractivity contribution is 7.91. The molecule has 0 saturated heterocycles. The molecule has 0 bridgehead atoms. The molecule has 0 radical (unpaired) electrons. The molecule has 3 N–H and O–H groups in total. The molecule has 0 aliphatic heterocycles. The van der Waals surface area contributed by atoms with Gasteiger partial charge < -0.3 is 15.7 Å². The van der Waals surface area contributed by atoms with Crippen molar-refractivity contribution >= 4 is 15.7 Å². The van der Waals surface area contributed by atoms with E-state index in [0.717, 1.165) is 25.7 Å². The summed E-state index contributed by atoms with van der Waals surface area (Å²) in [6, 6.07) is 5.94. The van der Waals surface area contributed by atoms with Gasteiger partial charge in [-0.2, -0.15) is 0 Å². The van der Waals surface area contributed by atoms with E-state index in [2.05, 4.69) is 5.16 Å². The van der Waals surface area contributed by atoms with E-state index in [1.54, 1.807) is 0 Å².